The second-order valence-corrected chi connectivity index (χ2v) is 7.58. The van der Waals surface area contributed by atoms with E-state index in [1.54, 1.807) is 4.90 Å². The quantitative estimate of drug-likeness (QED) is 0.812. The number of nitrogens with one attached hydrogen (secondary N) is 1. The second kappa shape index (κ2) is 9.60. The van der Waals surface area contributed by atoms with Gasteiger partial charge in [-0.1, -0.05) is 35.9 Å². The first-order valence-electron chi connectivity index (χ1n) is 9.66. The van der Waals surface area contributed by atoms with Crippen LogP contribution in [0.1, 0.15) is 24.0 Å². The van der Waals surface area contributed by atoms with Crippen LogP contribution in [0.25, 0.3) is 0 Å². The van der Waals surface area contributed by atoms with Crippen molar-refractivity contribution in [3.8, 4) is 0 Å². The number of anilines is 1. The van der Waals surface area contributed by atoms with Crippen LogP contribution >= 0.6 is 11.6 Å². The average molecular weight is 400 g/mol. The summed E-state index contributed by atoms with van der Waals surface area (Å²) in [6, 6.07) is 15.4. The number of nitrogens with zero attached hydrogens (tertiary/aromatic N) is 2. The van der Waals surface area contributed by atoms with Gasteiger partial charge in [-0.25, -0.2) is 4.79 Å². The molecule has 28 heavy (non-hydrogen) atoms. The van der Waals surface area contributed by atoms with Crippen molar-refractivity contribution in [3.05, 3.63) is 64.7 Å². The molecule has 0 atom stereocenters. The molecule has 0 unspecified atom stereocenters. The molecule has 0 saturated carbocycles. The highest BCUT2D eigenvalue weighted by molar-refractivity contribution is 6.30. The molecule has 6 heteroatoms. The molecule has 0 aromatic heterocycles. The Balaban J connectivity index is 1.39. The normalized spacial score (nSPS) is 14.1. The number of rotatable bonds is 5. The summed E-state index contributed by atoms with van der Waals surface area (Å²) in [5.74, 6) is 0.160. The van der Waals surface area contributed by atoms with Gasteiger partial charge in [0.05, 0.1) is 0 Å². The first kappa shape index (κ1) is 20.2. The minimum atomic E-state index is -0.111. The number of piperazine rings is 1. The van der Waals surface area contributed by atoms with E-state index in [-0.39, 0.29) is 11.9 Å². The minimum absolute atomic E-state index is 0.111. The first-order valence-corrected chi connectivity index (χ1v) is 10.0. The molecule has 1 aliphatic heterocycles. The summed E-state index contributed by atoms with van der Waals surface area (Å²) >= 11 is 5.89. The molecule has 1 fully saturated rings. The molecule has 3 amide bonds. The van der Waals surface area contributed by atoms with Crippen molar-refractivity contribution in [1.29, 1.82) is 0 Å². The summed E-state index contributed by atoms with van der Waals surface area (Å²) in [5.41, 5.74) is 3.09. The molecular weight excluding hydrogens is 374 g/mol. The fourth-order valence-electron chi connectivity index (χ4n) is 3.34. The highest BCUT2D eigenvalue weighted by Crippen LogP contribution is 2.14. The molecule has 0 spiro atoms. The Morgan fingerprint density at radius 2 is 1.68 bits per heavy atom. The van der Waals surface area contributed by atoms with Gasteiger partial charge in [-0.2, -0.15) is 0 Å². The molecule has 148 valence electrons. The van der Waals surface area contributed by atoms with Gasteiger partial charge in [-0.3, -0.25) is 4.79 Å². The van der Waals surface area contributed by atoms with Crippen LogP contribution in [0.15, 0.2) is 48.5 Å². The maximum absolute atomic E-state index is 12.4. The molecule has 0 radical (unpaired) electrons. The van der Waals surface area contributed by atoms with Crippen LogP contribution in [0.2, 0.25) is 5.02 Å². The van der Waals surface area contributed by atoms with Gasteiger partial charge in [0.15, 0.2) is 0 Å². The van der Waals surface area contributed by atoms with E-state index >= 15 is 0 Å². The molecule has 2 aromatic rings. The summed E-state index contributed by atoms with van der Waals surface area (Å²) < 4.78 is 0. The van der Waals surface area contributed by atoms with E-state index in [1.807, 2.05) is 60.4 Å². The summed E-state index contributed by atoms with van der Waals surface area (Å²) in [6.45, 7) is 4.27. The van der Waals surface area contributed by atoms with Gasteiger partial charge in [-0.15, -0.1) is 0 Å². The monoisotopic (exact) mass is 399 g/mol. The smallest absolute Gasteiger partial charge is 0.321 e. The summed E-state index contributed by atoms with van der Waals surface area (Å²) in [4.78, 5) is 28.5. The zero-order chi connectivity index (χ0) is 19.9. The molecule has 0 bridgehead atoms. The lowest BCUT2D eigenvalue weighted by Gasteiger charge is -2.34. The number of benzene rings is 2. The van der Waals surface area contributed by atoms with Crippen molar-refractivity contribution in [2.24, 2.45) is 0 Å². The van der Waals surface area contributed by atoms with Gasteiger partial charge in [0.2, 0.25) is 5.91 Å². The number of urea groups is 1. The summed E-state index contributed by atoms with van der Waals surface area (Å²) in [5, 5.41) is 3.65. The number of hydrogen-bond donors (Lipinski definition) is 1. The average Bonchev–Trinajstić information content (AvgIpc) is 2.69. The maximum Gasteiger partial charge on any atom is 0.321 e. The minimum Gasteiger partial charge on any atom is -0.339 e. The number of halogens is 1. The van der Waals surface area contributed by atoms with Crippen molar-refractivity contribution in [1.82, 2.24) is 9.80 Å². The van der Waals surface area contributed by atoms with E-state index in [2.05, 4.69) is 5.32 Å². The molecule has 2 aromatic carbocycles. The van der Waals surface area contributed by atoms with Gasteiger partial charge in [-0.05, 0) is 55.2 Å². The lowest BCUT2D eigenvalue weighted by atomic mass is 10.1. The Labute approximate surface area is 171 Å². The fraction of sp³-hybridized carbons (Fsp3) is 0.364. The third-order valence-corrected chi connectivity index (χ3v) is 5.21. The third-order valence-electron chi connectivity index (χ3n) is 4.96. The predicted molar refractivity (Wildman–Crippen MR) is 113 cm³/mol. The Morgan fingerprint density at radius 3 is 2.36 bits per heavy atom. The topological polar surface area (TPSA) is 52.7 Å². The van der Waals surface area contributed by atoms with Crippen molar-refractivity contribution in [2.45, 2.75) is 26.2 Å². The fourth-order valence-corrected chi connectivity index (χ4v) is 3.46. The molecule has 5 nitrogen and oxygen atoms in total. The lowest BCUT2D eigenvalue weighted by molar-refractivity contribution is -0.132. The van der Waals surface area contributed by atoms with E-state index in [0.29, 0.717) is 32.6 Å². The van der Waals surface area contributed by atoms with Crippen LogP contribution in [0, 0.1) is 6.92 Å². The van der Waals surface area contributed by atoms with Crippen LogP contribution in [0.3, 0.4) is 0 Å². The number of amides is 3. The predicted octanol–water partition coefficient (Wildman–Crippen LogP) is 4.35. The van der Waals surface area contributed by atoms with Crippen LogP contribution in [-0.2, 0) is 11.2 Å². The highest BCUT2D eigenvalue weighted by Gasteiger charge is 2.23. The lowest BCUT2D eigenvalue weighted by Crippen LogP contribution is -2.51. The van der Waals surface area contributed by atoms with Crippen LogP contribution in [0.5, 0.6) is 0 Å². The summed E-state index contributed by atoms with van der Waals surface area (Å²) in [6.07, 6.45) is 2.20. The summed E-state index contributed by atoms with van der Waals surface area (Å²) in [7, 11) is 0. The van der Waals surface area contributed by atoms with E-state index in [1.165, 1.54) is 5.56 Å². The van der Waals surface area contributed by atoms with E-state index in [9.17, 15) is 9.59 Å². The Morgan fingerprint density at radius 1 is 1.00 bits per heavy atom. The molecule has 3 rings (SSSR count). The zero-order valence-electron chi connectivity index (χ0n) is 16.2. The maximum atomic E-state index is 12.4. The molecule has 1 saturated heterocycles. The number of carbonyl (C=O) groups excluding carboxylic acids is 2. The van der Waals surface area contributed by atoms with E-state index in [0.717, 1.165) is 29.1 Å². The third kappa shape index (κ3) is 5.73. The van der Waals surface area contributed by atoms with Gasteiger partial charge < -0.3 is 15.1 Å². The SMILES string of the molecule is Cc1cccc(NC(=O)N2CCN(C(=O)CCCc3ccc(Cl)cc3)CC2)c1. The number of carbonyl (C=O) groups is 2. The van der Waals surface area contributed by atoms with E-state index < -0.39 is 0 Å². The van der Waals surface area contributed by atoms with Crippen LogP contribution in [0.4, 0.5) is 10.5 Å². The van der Waals surface area contributed by atoms with Gasteiger partial charge in [0, 0.05) is 43.3 Å². The molecule has 1 N–H and O–H groups in total. The Hall–Kier alpha value is -2.53. The Kier molecular flexibility index (Phi) is 6.93. The highest BCUT2D eigenvalue weighted by atomic mass is 35.5. The van der Waals surface area contributed by atoms with Crippen LogP contribution in [-0.4, -0.2) is 47.9 Å². The molecule has 1 aliphatic rings. The number of hydrogen-bond acceptors (Lipinski definition) is 2. The largest absolute Gasteiger partial charge is 0.339 e. The van der Waals surface area contributed by atoms with Crippen molar-refractivity contribution >= 4 is 29.2 Å². The first-order chi connectivity index (χ1) is 13.5. The van der Waals surface area contributed by atoms with E-state index in [4.69, 9.17) is 11.6 Å². The standard InChI is InChI=1S/C22H26ClN3O2/c1-17-4-2-6-20(16-17)24-22(28)26-14-12-25(13-15-26)21(27)7-3-5-18-8-10-19(23)11-9-18/h2,4,6,8-11,16H,3,5,7,12-15H2,1H3,(H,24,28). The molecule has 0 aliphatic carbocycles. The van der Waals surface area contributed by atoms with Gasteiger partial charge in [0.1, 0.15) is 0 Å². The van der Waals surface area contributed by atoms with Crippen molar-refractivity contribution in [2.75, 3.05) is 31.5 Å². The van der Waals surface area contributed by atoms with Crippen molar-refractivity contribution < 1.29 is 9.59 Å². The Bertz CT molecular complexity index is 815. The second-order valence-electron chi connectivity index (χ2n) is 7.15. The van der Waals surface area contributed by atoms with Crippen molar-refractivity contribution in [3.63, 3.8) is 0 Å². The van der Waals surface area contributed by atoms with Gasteiger partial charge >= 0.3 is 6.03 Å². The van der Waals surface area contributed by atoms with Crippen LogP contribution < -0.4 is 5.32 Å². The zero-order valence-corrected chi connectivity index (χ0v) is 16.9. The number of aryl methyl sites for hydroxylation is 2. The molecule has 1 heterocycles. The van der Waals surface area contributed by atoms with Gasteiger partial charge in [0.25, 0.3) is 0 Å². The molecular formula is C22H26ClN3O2.